The second-order valence-corrected chi connectivity index (χ2v) is 9.04. The fourth-order valence-electron chi connectivity index (χ4n) is 3.42. The Morgan fingerprint density at radius 2 is 0.792 bits per heavy atom. The third-order valence-electron chi connectivity index (χ3n) is 5.09. The van der Waals surface area contributed by atoms with Crippen molar-refractivity contribution in [3.8, 4) is 0 Å². The highest BCUT2D eigenvalue weighted by molar-refractivity contribution is 4.65. The van der Waals surface area contributed by atoms with Crippen molar-refractivity contribution in [3.63, 3.8) is 0 Å². The van der Waals surface area contributed by atoms with Crippen LogP contribution in [-0.4, -0.2) is 0 Å². The van der Waals surface area contributed by atoms with Crippen molar-refractivity contribution in [3.05, 3.63) is 12.7 Å². The van der Waals surface area contributed by atoms with Gasteiger partial charge in [0, 0.05) is 0 Å². The van der Waals surface area contributed by atoms with Crippen molar-refractivity contribution in [2.75, 3.05) is 0 Å². The van der Waals surface area contributed by atoms with Gasteiger partial charge in [-0.15, -0.1) is 6.58 Å². The van der Waals surface area contributed by atoms with Crippen LogP contribution >= 0.6 is 0 Å². The summed E-state index contributed by atoms with van der Waals surface area (Å²) in [5.41, 5.74) is 0.533. The van der Waals surface area contributed by atoms with Gasteiger partial charge in [0.15, 0.2) is 0 Å². The lowest BCUT2D eigenvalue weighted by Gasteiger charge is -2.17. The van der Waals surface area contributed by atoms with Gasteiger partial charge < -0.3 is 0 Å². The molecule has 0 aliphatic carbocycles. The molecule has 0 bridgehead atoms. The molecular formula is C24H48. The Morgan fingerprint density at radius 3 is 1.08 bits per heavy atom. The Morgan fingerprint density at radius 1 is 0.500 bits per heavy atom. The fraction of sp³-hybridized carbons (Fsp3) is 0.917. The number of hydrogen-bond donors (Lipinski definition) is 0. The highest BCUT2D eigenvalue weighted by Crippen LogP contribution is 2.22. The van der Waals surface area contributed by atoms with Crippen LogP contribution in [0.25, 0.3) is 0 Å². The van der Waals surface area contributed by atoms with Crippen LogP contribution in [0, 0.1) is 5.41 Å². The lowest BCUT2D eigenvalue weighted by Crippen LogP contribution is -2.03. The maximum Gasteiger partial charge on any atom is -0.0353 e. The molecule has 0 nitrogen and oxygen atoms in total. The van der Waals surface area contributed by atoms with E-state index in [4.69, 9.17) is 0 Å². The van der Waals surface area contributed by atoms with Crippen molar-refractivity contribution in [2.45, 2.75) is 136 Å². The van der Waals surface area contributed by atoms with Crippen LogP contribution in [0.3, 0.4) is 0 Å². The molecule has 0 N–H and O–H groups in total. The smallest absolute Gasteiger partial charge is 0.0353 e. The molecule has 0 radical (unpaired) electrons. The van der Waals surface area contributed by atoms with Gasteiger partial charge in [0.25, 0.3) is 0 Å². The molecule has 0 aromatic rings. The lowest BCUT2D eigenvalue weighted by molar-refractivity contribution is 0.356. The minimum Gasteiger partial charge on any atom is -0.103 e. The van der Waals surface area contributed by atoms with Crippen molar-refractivity contribution in [2.24, 2.45) is 5.41 Å². The highest BCUT2D eigenvalue weighted by atomic mass is 14.1. The van der Waals surface area contributed by atoms with Crippen LogP contribution in [0.5, 0.6) is 0 Å². The van der Waals surface area contributed by atoms with E-state index in [0.29, 0.717) is 5.41 Å². The van der Waals surface area contributed by atoms with E-state index >= 15 is 0 Å². The van der Waals surface area contributed by atoms with Gasteiger partial charge in [0.05, 0.1) is 0 Å². The molecule has 0 unspecified atom stereocenters. The van der Waals surface area contributed by atoms with E-state index in [1.54, 1.807) is 0 Å². The Kier molecular flexibility index (Phi) is 17.4. The molecule has 0 spiro atoms. The molecule has 24 heavy (non-hydrogen) atoms. The summed E-state index contributed by atoms with van der Waals surface area (Å²) in [5.74, 6) is 0. The minimum atomic E-state index is 0.533. The summed E-state index contributed by atoms with van der Waals surface area (Å²) >= 11 is 0. The van der Waals surface area contributed by atoms with Gasteiger partial charge in [-0.25, -0.2) is 0 Å². The van der Waals surface area contributed by atoms with Crippen LogP contribution in [0.4, 0.5) is 0 Å². The first-order valence-electron chi connectivity index (χ1n) is 11.2. The largest absolute Gasteiger partial charge is 0.103 e. The van der Waals surface area contributed by atoms with Crippen molar-refractivity contribution < 1.29 is 0 Å². The van der Waals surface area contributed by atoms with E-state index in [-0.39, 0.29) is 0 Å². The third-order valence-corrected chi connectivity index (χ3v) is 5.09. The van der Waals surface area contributed by atoms with E-state index < -0.39 is 0 Å². The zero-order valence-corrected chi connectivity index (χ0v) is 17.5. The second kappa shape index (κ2) is 17.6. The Labute approximate surface area is 154 Å². The Bertz CT molecular complexity index is 245. The minimum absolute atomic E-state index is 0.533. The SMILES string of the molecule is C=CCCCCCCCCCCCCCCCCCCC(C)(C)C. The van der Waals surface area contributed by atoms with Crippen molar-refractivity contribution in [1.29, 1.82) is 0 Å². The fourth-order valence-corrected chi connectivity index (χ4v) is 3.42. The van der Waals surface area contributed by atoms with E-state index in [9.17, 15) is 0 Å². The quantitative estimate of drug-likeness (QED) is 0.173. The predicted octanol–water partition coefficient (Wildman–Crippen LogP) is 9.24. The van der Waals surface area contributed by atoms with Gasteiger partial charge in [-0.1, -0.05) is 123 Å². The molecule has 0 aliphatic rings. The number of unbranched alkanes of at least 4 members (excludes halogenated alkanes) is 16. The normalized spacial score (nSPS) is 11.8. The summed E-state index contributed by atoms with van der Waals surface area (Å²) in [7, 11) is 0. The number of rotatable bonds is 18. The molecule has 0 rings (SSSR count). The van der Waals surface area contributed by atoms with Crippen LogP contribution in [0.15, 0.2) is 12.7 Å². The molecule has 0 heterocycles. The maximum atomic E-state index is 3.78. The Hall–Kier alpha value is -0.260. The first-order valence-corrected chi connectivity index (χ1v) is 11.2. The summed E-state index contributed by atoms with van der Waals surface area (Å²) in [6.45, 7) is 10.9. The van der Waals surface area contributed by atoms with E-state index in [2.05, 4.69) is 27.4 Å². The van der Waals surface area contributed by atoms with Gasteiger partial charge in [0.1, 0.15) is 0 Å². The molecule has 0 atom stereocenters. The van der Waals surface area contributed by atoms with E-state index in [1.807, 2.05) is 6.08 Å². The lowest BCUT2D eigenvalue weighted by atomic mass is 9.89. The molecule has 0 heteroatoms. The molecule has 0 aromatic heterocycles. The first kappa shape index (κ1) is 23.7. The molecule has 0 amide bonds. The van der Waals surface area contributed by atoms with E-state index in [1.165, 1.54) is 116 Å². The molecule has 0 fully saturated rings. The molecule has 0 saturated carbocycles. The van der Waals surface area contributed by atoms with Crippen molar-refractivity contribution in [1.82, 2.24) is 0 Å². The monoisotopic (exact) mass is 336 g/mol. The average molecular weight is 337 g/mol. The summed E-state index contributed by atoms with van der Waals surface area (Å²) in [4.78, 5) is 0. The topological polar surface area (TPSA) is 0 Å². The highest BCUT2D eigenvalue weighted by Gasteiger charge is 2.08. The zero-order chi connectivity index (χ0) is 17.9. The molecular weight excluding hydrogens is 288 g/mol. The predicted molar refractivity (Wildman–Crippen MR) is 113 cm³/mol. The molecule has 0 aliphatic heterocycles. The second-order valence-electron chi connectivity index (χ2n) is 9.04. The van der Waals surface area contributed by atoms with Gasteiger partial charge in [0.2, 0.25) is 0 Å². The summed E-state index contributed by atoms with van der Waals surface area (Å²) in [6.07, 6.45) is 27.9. The number of hydrogen-bond acceptors (Lipinski definition) is 0. The maximum absolute atomic E-state index is 3.78. The molecule has 0 saturated heterocycles. The molecule has 144 valence electrons. The first-order chi connectivity index (χ1) is 11.6. The van der Waals surface area contributed by atoms with Gasteiger partial charge >= 0.3 is 0 Å². The molecule has 0 aromatic carbocycles. The van der Waals surface area contributed by atoms with Crippen LogP contribution in [0.1, 0.15) is 136 Å². The zero-order valence-electron chi connectivity index (χ0n) is 17.5. The third kappa shape index (κ3) is 21.7. The summed E-state index contributed by atoms with van der Waals surface area (Å²) < 4.78 is 0. The Balaban J connectivity index is 3.01. The summed E-state index contributed by atoms with van der Waals surface area (Å²) in [5, 5.41) is 0. The van der Waals surface area contributed by atoms with Gasteiger partial charge in [-0.05, 0) is 24.7 Å². The van der Waals surface area contributed by atoms with Gasteiger partial charge in [-0.3, -0.25) is 0 Å². The number of allylic oxidation sites excluding steroid dienone is 1. The van der Waals surface area contributed by atoms with E-state index in [0.717, 1.165) is 0 Å². The van der Waals surface area contributed by atoms with Crippen LogP contribution in [-0.2, 0) is 0 Å². The van der Waals surface area contributed by atoms with Gasteiger partial charge in [-0.2, -0.15) is 0 Å². The van der Waals surface area contributed by atoms with Crippen molar-refractivity contribution >= 4 is 0 Å². The standard InChI is InChI=1S/C24H48/c1-5-6-7-8-9-10-11-12-13-14-15-16-17-18-19-20-21-22-23-24(2,3)4/h5H,1,6-23H2,2-4H3. The van der Waals surface area contributed by atoms with Crippen LogP contribution in [0.2, 0.25) is 0 Å². The van der Waals surface area contributed by atoms with Crippen LogP contribution < -0.4 is 0 Å². The average Bonchev–Trinajstić information content (AvgIpc) is 2.52. The summed E-state index contributed by atoms with van der Waals surface area (Å²) in [6, 6.07) is 0.